The monoisotopic (exact) mass is 217 g/mol. The Morgan fingerprint density at radius 1 is 1.38 bits per heavy atom. The predicted octanol–water partition coefficient (Wildman–Crippen LogP) is 1.86. The summed E-state index contributed by atoms with van der Waals surface area (Å²) in [4.78, 5) is 4.47. The molecule has 0 amide bonds. The van der Waals surface area contributed by atoms with Gasteiger partial charge in [0.2, 0.25) is 0 Å². The highest BCUT2D eigenvalue weighted by Gasteiger charge is 2.38. The number of rotatable bonds is 3. The van der Waals surface area contributed by atoms with E-state index in [4.69, 9.17) is 5.73 Å². The van der Waals surface area contributed by atoms with E-state index >= 15 is 0 Å². The molecule has 1 aromatic carbocycles. The fourth-order valence-corrected chi connectivity index (χ4v) is 1.89. The third-order valence-corrected chi connectivity index (χ3v) is 2.73. The van der Waals surface area contributed by atoms with Gasteiger partial charge in [0.1, 0.15) is 0 Å². The van der Waals surface area contributed by atoms with Crippen LogP contribution in [0.5, 0.6) is 0 Å². The predicted molar refractivity (Wildman–Crippen MR) is 67.5 cm³/mol. The highest BCUT2D eigenvalue weighted by molar-refractivity contribution is 5.78. The summed E-state index contributed by atoms with van der Waals surface area (Å²) in [5.41, 5.74) is 7.16. The highest BCUT2D eigenvalue weighted by atomic mass is 15.1. The maximum Gasteiger partial charge on any atom is 0.189 e. The number of aliphatic imine (C=N–C) groups is 1. The number of guanidine groups is 1. The molecule has 1 aliphatic rings. The van der Waals surface area contributed by atoms with E-state index in [2.05, 4.69) is 48.4 Å². The van der Waals surface area contributed by atoms with E-state index in [0.29, 0.717) is 24.0 Å². The van der Waals surface area contributed by atoms with Crippen molar-refractivity contribution in [2.24, 2.45) is 10.7 Å². The Morgan fingerprint density at radius 2 is 2.06 bits per heavy atom. The minimum absolute atomic E-state index is 0.345. The molecule has 3 nitrogen and oxygen atoms in total. The van der Waals surface area contributed by atoms with Gasteiger partial charge in [-0.1, -0.05) is 30.3 Å². The first-order chi connectivity index (χ1) is 7.66. The lowest BCUT2D eigenvalue weighted by molar-refractivity contribution is 0.722. The van der Waals surface area contributed by atoms with E-state index in [0.717, 1.165) is 6.42 Å². The first-order valence-corrected chi connectivity index (χ1v) is 5.81. The van der Waals surface area contributed by atoms with Gasteiger partial charge in [-0.25, -0.2) is 4.99 Å². The fourth-order valence-electron chi connectivity index (χ4n) is 1.89. The third kappa shape index (κ3) is 2.75. The zero-order valence-corrected chi connectivity index (χ0v) is 9.85. The van der Waals surface area contributed by atoms with E-state index in [1.807, 2.05) is 6.07 Å². The van der Waals surface area contributed by atoms with Crippen LogP contribution >= 0.6 is 0 Å². The Kier molecular flexibility index (Phi) is 3.13. The van der Waals surface area contributed by atoms with Gasteiger partial charge in [-0.15, -0.1) is 0 Å². The molecule has 0 aromatic heterocycles. The van der Waals surface area contributed by atoms with Crippen LogP contribution in [0.25, 0.3) is 0 Å². The second kappa shape index (κ2) is 4.56. The third-order valence-electron chi connectivity index (χ3n) is 2.73. The molecular formula is C13H19N3. The van der Waals surface area contributed by atoms with Crippen molar-refractivity contribution in [1.82, 2.24) is 5.32 Å². The van der Waals surface area contributed by atoms with Gasteiger partial charge in [0.05, 0.1) is 6.04 Å². The maximum atomic E-state index is 5.79. The number of nitrogens with one attached hydrogen (secondary N) is 1. The Hall–Kier alpha value is -1.51. The molecule has 0 radical (unpaired) electrons. The molecule has 0 heterocycles. The number of benzene rings is 1. The van der Waals surface area contributed by atoms with Crippen LogP contribution in [0, 0.1) is 0 Å². The number of nitrogens with two attached hydrogens (primary N) is 1. The molecular weight excluding hydrogens is 198 g/mol. The van der Waals surface area contributed by atoms with Crippen LogP contribution in [0.3, 0.4) is 0 Å². The molecule has 2 atom stereocenters. The van der Waals surface area contributed by atoms with E-state index < -0.39 is 0 Å². The molecule has 16 heavy (non-hydrogen) atoms. The SMILES string of the molecule is CC(C)NC(N)=NC1CC1c1ccccc1. The van der Waals surface area contributed by atoms with E-state index in [1.54, 1.807) is 0 Å². The summed E-state index contributed by atoms with van der Waals surface area (Å²) in [7, 11) is 0. The molecule has 3 heteroatoms. The van der Waals surface area contributed by atoms with Gasteiger partial charge < -0.3 is 11.1 Å². The smallest absolute Gasteiger partial charge is 0.189 e. The summed E-state index contributed by atoms with van der Waals surface area (Å²) in [6.07, 6.45) is 1.12. The van der Waals surface area contributed by atoms with Gasteiger partial charge in [-0.3, -0.25) is 0 Å². The van der Waals surface area contributed by atoms with E-state index in [1.165, 1.54) is 5.56 Å². The van der Waals surface area contributed by atoms with Crippen molar-refractivity contribution in [3.05, 3.63) is 35.9 Å². The largest absolute Gasteiger partial charge is 0.370 e. The summed E-state index contributed by atoms with van der Waals surface area (Å²) in [5, 5.41) is 3.11. The van der Waals surface area contributed by atoms with E-state index in [9.17, 15) is 0 Å². The molecule has 0 aliphatic heterocycles. The molecule has 1 fully saturated rings. The first-order valence-electron chi connectivity index (χ1n) is 5.81. The van der Waals surface area contributed by atoms with Crippen LogP contribution in [0.4, 0.5) is 0 Å². The molecule has 3 N–H and O–H groups in total. The molecule has 2 rings (SSSR count). The average molecular weight is 217 g/mol. The van der Waals surface area contributed by atoms with Crippen LogP contribution in [0.1, 0.15) is 31.7 Å². The molecule has 0 bridgehead atoms. The van der Waals surface area contributed by atoms with Gasteiger partial charge in [0.25, 0.3) is 0 Å². The van der Waals surface area contributed by atoms with Crippen LogP contribution in [-0.2, 0) is 0 Å². The van der Waals surface area contributed by atoms with Gasteiger partial charge in [-0.2, -0.15) is 0 Å². The van der Waals surface area contributed by atoms with Gasteiger partial charge in [0.15, 0.2) is 5.96 Å². The average Bonchev–Trinajstić information content (AvgIpc) is 2.97. The van der Waals surface area contributed by atoms with Crippen LogP contribution in [0.15, 0.2) is 35.3 Å². The lowest BCUT2D eigenvalue weighted by Crippen LogP contribution is -2.37. The molecule has 1 aliphatic carbocycles. The van der Waals surface area contributed by atoms with Crippen molar-refractivity contribution >= 4 is 5.96 Å². The highest BCUT2D eigenvalue weighted by Crippen LogP contribution is 2.43. The number of hydrogen-bond donors (Lipinski definition) is 2. The second-order valence-electron chi connectivity index (χ2n) is 4.63. The molecule has 0 spiro atoms. The first kappa shape index (κ1) is 11.0. The second-order valence-corrected chi connectivity index (χ2v) is 4.63. The number of nitrogens with zero attached hydrogens (tertiary/aromatic N) is 1. The van der Waals surface area contributed by atoms with Crippen molar-refractivity contribution < 1.29 is 0 Å². The van der Waals surface area contributed by atoms with Crippen LogP contribution in [-0.4, -0.2) is 18.0 Å². The van der Waals surface area contributed by atoms with Crippen molar-refractivity contribution in [2.45, 2.75) is 38.3 Å². The Morgan fingerprint density at radius 3 is 2.69 bits per heavy atom. The fraction of sp³-hybridized carbons (Fsp3) is 0.462. The zero-order valence-electron chi connectivity index (χ0n) is 9.85. The molecule has 1 aromatic rings. The minimum Gasteiger partial charge on any atom is -0.370 e. The summed E-state index contributed by atoms with van der Waals surface area (Å²) in [6.45, 7) is 4.12. The van der Waals surface area contributed by atoms with E-state index in [-0.39, 0.29) is 0 Å². The molecule has 2 unspecified atom stereocenters. The molecule has 1 saturated carbocycles. The van der Waals surface area contributed by atoms with Crippen molar-refractivity contribution in [3.8, 4) is 0 Å². The maximum absolute atomic E-state index is 5.79. The summed E-state index contributed by atoms with van der Waals surface area (Å²) in [5.74, 6) is 1.13. The lowest BCUT2D eigenvalue weighted by atomic mass is 10.1. The Balaban J connectivity index is 1.92. The molecule has 86 valence electrons. The van der Waals surface area contributed by atoms with Crippen molar-refractivity contribution in [1.29, 1.82) is 0 Å². The van der Waals surface area contributed by atoms with Crippen LogP contribution < -0.4 is 11.1 Å². The quantitative estimate of drug-likeness (QED) is 0.599. The normalized spacial score (nSPS) is 24.6. The zero-order chi connectivity index (χ0) is 11.5. The number of hydrogen-bond acceptors (Lipinski definition) is 1. The lowest BCUT2D eigenvalue weighted by Gasteiger charge is -2.08. The van der Waals surface area contributed by atoms with Crippen molar-refractivity contribution in [3.63, 3.8) is 0 Å². The van der Waals surface area contributed by atoms with Crippen molar-refractivity contribution in [2.75, 3.05) is 0 Å². The Bertz CT molecular complexity index is 370. The summed E-state index contributed by atoms with van der Waals surface area (Å²) in [6, 6.07) is 11.2. The molecule has 0 saturated heterocycles. The van der Waals surface area contributed by atoms with Crippen LogP contribution in [0.2, 0.25) is 0 Å². The minimum atomic E-state index is 0.345. The standard InChI is InChI=1S/C13H19N3/c1-9(2)15-13(14)16-12-8-11(12)10-6-4-3-5-7-10/h3-7,9,11-12H,8H2,1-2H3,(H3,14,15,16). The topological polar surface area (TPSA) is 50.4 Å². The van der Waals surface area contributed by atoms with Gasteiger partial charge in [-0.05, 0) is 25.8 Å². The van der Waals surface area contributed by atoms with Gasteiger partial charge in [0, 0.05) is 12.0 Å². The van der Waals surface area contributed by atoms with Gasteiger partial charge >= 0.3 is 0 Å². The summed E-state index contributed by atoms with van der Waals surface area (Å²) < 4.78 is 0. The Labute approximate surface area is 96.8 Å². The summed E-state index contributed by atoms with van der Waals surface area (Å²) >= 11 is 0.